The SMILES string of the molecule is NCc1nc(C(=O)NCc2ccnc(N3CCCCC3)c2)cs1. The second-order valence-electron chi connectivity index (χ2n) is 5.58. The minimum absolute atomic E-state index is 0.169. The summed E-state index contributed by atoms with van der Waals surface area (Å²) < 4.78 is 0. The van der Waals surface area contributed by atoms with Crippen LogP contribution in [-0.2, 0) is 13.1 Å². The fraction of sp³-hybridized carbons (Fsp3) is 0.438. The van der Waals surface area contributed by atoms with Crippen molar-refractivity contribution in [3.63, 3.8) is 0 Å². The van der Waals surface area contributed by atoms with E-state index < -0.39 is 0 Å². The maximum atomic E-state index is 12.1. The Morgan fingerprint density at radius 1 is 1.35 bits per heavy atom. The summed E-state index contributed by atoms with van der Waals surface area (Å²) in [5.41, 5.74) is 7.00. The Morgan fingerprint density at radius 3 is 2.91 bits per heavy atom. The lowest BCUT2D eigenvalue weighted by atomic mass is 10.1. The molecule has 0 aliphatic carbocycles. The highest BCUT2D eigenvalue weighted by atomic mass is 32.1. The molecular weight excluding hydrogens is 310 g/mol. The third-order valence-electron chi connectivity index (χ3n) is 3.90. The molecule has 3 rings (SSSR count). The zero-order valence-corrected chi connectivity index (χ0v) is 13.8. The molecule has 0 spiro atoms. The number of rotatable bonds is 5. The van der Waals surface area contributed by atoms with Crippen LogP contribution in [0, 0.1) is 0 Å². The molecule has 7 heteroatoms. The summed E-state index contributed by atoms with van der Waals surface area (Å²) in [6, 6.07) is 3.98. The number of nitrogens with zero attached hydrogens (tertiary/aromatic N) is 3. The van der Waals surface area contributed by atoms with Crippen molar-refractivity contribution in [1.29, 1.82) is 0 Å². The number of hydrogen-bond acceptors (Lipinski definition) is 6. The molecule has 3 N–H and O–H groups in total. The van der Waals surface area contributed by atoms with Crippen molar-refractivity contribution in [3.05, 3.63) is 40.0 Å². The van der Waals surface area contributed by atoms with Gasteiger partial charge >= 0.3 is 0 Å². The molecule has 0 saturated carbocycles. The second kappa shape index (κ2) is 7.52. The van der Waals surface area contributed by atoms with Gasteiger partial charge in [0.25, 0.3) is 5.91 Å². The lowest BCUT2D eigenvalue weighted by Gasteiger charge is -2.27. The smallest absolute Gasteiger partial charge is 0.271 e. The average Bonchev–Trinajstić information content (AvgIpc) is 3.10. The van der Waals surface area contributed by atoms with Crippen LogP contribution < -0.4 is 16.0 Å². The molecule has 0 bridgehead atoms. The fourth-order valence-electron chi connectivity index (χ4n) is 2.65. The Balaban J connectivity index is 1.60. The number of piperidine rings is 1. The number of pyridine rings is 1. The van der Waals surface area contributed by atoms with E-state index in [1.165, 1.54) is 30.6 Å². The van der Waals surface area contributed by atoms with Gasteiger partial charge in [-0.15, -0.1) is 11.3 Å². The zero-order valence-electron chi connectivity index (χ0n) is 13.0. The van der Waals surface area contributed by atoms with Gasteiger partial charge in [0.1, 0.15) is 16.5 Å². The lowest BCUT2D eigenvalue weighted by Crippen LogP contribution is -2.30. The van der Waals surface area contributed by atoms with Crippen LogP contribution in [0.25, 0.3) is 0 Å². The molecule has 6 nitrogen and oxygen atoms in total. The van der Waals surface area contributed by atoms with Crippen LogP contribution in [0.3, 0.4) is 0 Å². The van der Waals surface area contributed by atoms with E-state index in [1.807, 2.05) is 6.07 Å². The Kier molecular flexibility index (Phi) is 5.19. The van der Waals surface area contributed by atoms with Crippen LogP contribution in [0.2, 0.25) is 0 Å². The number of carbonyl (C=O) groups excluding carboxylic acids is 1. The van der Waals surface area contributed by atoms with Crippen molar-refractivity contribution in [1.82, 2.24) is 15.3 Å². The molecule has 1 aliphatic rings. The molecule has 1 fully saturated rings. The van der Waals surface area contributed by atoms with Crippen molar-refractivity contribution >= 4 is 23.1 Å². The first-order valence-corrected chi connectivity index (χ1v) is 8.77. The van der Waals surface area contributed by atoms with E-state index in [4.69, 9.17) is 5.73 Å². The predicted octanol–water partition coefficient (Wildman–Crippen LogP) is 1.92. The zero-order chi connectivity index (χ0) is 16.1. The largest absolute Gasteiger partial charge is 0.357 e. The van der Waals surface area contributed by atoms with Crippen LogP contribution >= 0.6 is 11.3 Å². The minimum Gasteiger partial charge on any atom is -0.357 e. The van der Waals surface area contributed by atoms with Gasteiger partial charge in [-0.2, -0.15) is 0 Å². The Hall–Kier alpha value is -1.99. The molecule has 2 aromatic heterocycles. The first kappa shape index (κ1) is 15.9. The predicted molar refractivity (Wildman–Crippen MR) is 91.5 cm³/mol. The van der Waals surface area contributed by atoms with Crippen LogP contribution in [0.4, 0.5) is 5.82 Å². The first-order chi connectivity index (χ1) is 11.3. The third kappa shape index (κ3) is 4.05. The molecule has 1 amide bonds. The summed E-state index contributed by atoms with van der Waals surface area (Å²) in [5.74, 6) is 0.827. The standard InChI is InChI=1S/C16H21N5OS/c17-9-15-20-13(11-23-15)16(22)19-10-12-4-5-18-14(8-12)21-6-2-1-3-7-21/h4-5,8,11H,1-3,6-7,9-10,17H2,(H,19,22). The summed E-state index contributed by atoms with van der Waals surface area (Å²) in [5, 5.41) is 5.41. The van der Waals surface area contributed by atoms with E-state index in [0.29, 0.717) is 18.8 Å². The van der Waals surface area contributed by atoms with Gasteiger partial charge in [-0.05, 0) is 37.0 Å². The van der Waals surface area contributed by atoms with E-state index >= 15 is 0 Å². The van der Waals surface area contributed by atoms with Crippen molar-refractivity contribution in [2.45, 2.75) is 32.4 Å². The van der Waals surface area contributed by atoms with Gasteiger partial charge in [-0.25, -0.2) is 9.97 Å². The number of nitrogens with two attached hydrogens (primary N) is 1. The molecule has 0 aromatic carbocycles. The number of thiazole rings is 1. The normalized spacial score (nSPS) is 14.7. The van der Waals surface area contributed by atoms with E-state index in [2.05, 4.69) is 26.3 Å². The van der Waals surface area contributed by atoms with Crippen molar-refractivity contribution in [2.75, 3.05) is 18.0 Å². The number of carbonyl (C=O) groups is 1. The van der Waals surface area contributed by atoms with Gasteiger partial charge in [0.05, 0.1) is 0 Å². The molecule has 1 saturated heterocycles. The van der Waals surface area contributed by atoms with Crippen molar-refractivity contribution in [3.8, 4) is 0 Å². The third-order valence-corrected chi connectivity index (χ3v) is 4.77. The summed E-state index contributed by atoms with van der Waals surface area (Å²) in [6.07, 6.45) is 5.54. The summed E-state index contributed by atoms with van der Waals surface area (Å²) in [7, 11) is 0. The van der Waals surface area contributed by atoms with Gasteiger partial charge in [-0.3, -0.25) is 4.79 Å². The number of amides is 1. The quantitative estimate of drug-likeness (QED) is 0.874. The maximum absolute atomic E-state index is 12.1. The maximum Gasteiger partial charge on any atom is 0.271 e. The van der Waals surface area contributed by atoms with Crippen LogP contribution in [0.1, 0.15) is 40.3 Å². The summed E-state index contributed by atoms with van der Waals surface area (Å²) in [6.45, 7) is 2.95. The highest BCUT2D eigenvalue weighted by Gasteiger charge is 2.13. The molecule has 0 unspecified atom stereocenters. The van der Waals surface area contributed by atoms with Gasteiger partial charge in [0, 0.05) is 37.8 Å². The first-order valence-electron chi connectivity index (χ1n) is 7.89. The molecular formula is C16H21N5OS. The molecule has 23 heavy (non-hydrogen) atoms. The van der Waals surface area contributed by atoms with Crippen LogP contribution in [0.15, 0.2) is 23.7 Å². The van der Waals surface area contributed by atoms with Crippen LogP contribution in [0.5, 0.6) is 0 Å². The second-order valence-corrected chi connectivity index (χ2v) is 6.53. The summed E-state index contributed by atoms with van der Waals surface area (Å²) in [4.78, 5) is 23.1. The molecule has 3 heterocycles. The summed E-state index contributed by atoms with van der Waals surface area (Å²) >= 11 is 1.41. The molecule has 122 valence electrons. The molecule has 2 aromatic rings. The number of hydrogen-bond donors (Lipinski definition) is 2. The van der Waals surface area contributed by atoms with Crippen molar-refractivity contribution < 1.29 is 4.79 Å². The van der Waals surface area contributed by atoms with Crippen LogP contribution in [-0.4, -0.2) is 29.0 Å². The topological polar surface area (TPSA) is 84.1 Å². The van der Waals surface area contributed by atoms with E-state index in [-0.39, 0.29) is 5.91 Å². The van der Waals surface area contributed by atoms with Gasteiger partial charge in [-0.1, -0.05) is 0 Å². The Bertz CT molecular complexity index is 666. The molecule has 0 atom stereocenters. The van der Waals surface area contributed by atoms with E-state index in [9.17, 15) is 4.79 Å². The van der Waals surface area contributed by atoms with Gasteiger partial charge in [0.2, 0.25) is 0 Å². The Labute approximate surface area is 139 Å². The number of nitrogens with one attached hydrogen (secondary N) is 1. The Morgan fingerprint density at radius 2 is 2.17 bits per heavy atom. The fourth-order valence-corrected chi connectivity index (χ4v) is 3.30. The molecule has 1 aliphatic heterocycles. The molecule has 0 radical (unpaired) electrons. The highest BCUT2D eigenvalue weighted by Crippen LogP contribution is 2.18. The van der Waals surface area contributed by atoms with Gasteiger partial charge < -0.3 is 16.0 Å². The van der Waals surface area contributed by atoms with Gasteiger partial charge in [0.15, 0.2) is 0 Å². The lowest BCUT2D eigenvalue weighted by molar-refractivity contribution is 0.0946. The number of anilines is 1. The van der Waals surface area contributed by atoms with E-state index in [1.54, 1.807) is 11.6 Å². The van der Waals surface area contributed by atoms with Crippen molar-refractivity contribution in [2.24, 2.45) is 5.73 Å². The highest BCUT2D eigenvalue weighted by molar-refractivity contribution is 7.09. The minimum atomic E-state index is -0.169. The van der Waals surface area contributed by atoms with E-state index in [0.717, 1.165) is 29.5 Å². The average molecular weight is 331 g/mol. The number of aromatic nitrogens is 2. The monoisotopic (exact) mass is 331 g/mol.